The van der Waals surface area contributed by atoms with Gasteiger partial charge in [0.2, 0.25) is 0 Å². The van der Waals surface area contributed by atoms with Crippen molar-refractivity contribution < 1.29 is 19.4 Å². The molecule has 5 nitrogen and oxygen atoms in total. The summed E-state index contributed by atoms with van der Waals surface area (Å²) in [6.45, 7) is 16.2. The molecule has 5 heteroatoms. The second kappa shape index (κ2) is 20.0. The van der Waals surface area contributed by atoms with E-state index < -0.39 is 0 Å². The molecule has 3 saturated carbocycles. The number of benzene rings is 1. The quantitative estimate of drug-likeness (QED) is 0.0591. The largest absolute Gasteiger partial charge is 0.507 e. The first-order valence-electron chi connectivity index (χ1n) is 22.4. The van der Waals surface area contributed by atoms with Gasteiger partial charge < -0.3 is 14.6 Å². The van der Waals surface area contributed by atoms with Gasteiger partial charge in [0.05, 0.1) is 6.61 Å². The topological polar surface area (TPSA) is 68.1 Å². The van der Waals surface area contributed by atoms with Crippen LogP contribution in [0.3, 0.4) is 0 Å². The van der Waals surface area contributed by atoms with Crippen LogP contribution in [0.2, 0.25) is 0 Å². The standard InChI is InChI=1S/C48H77NO4/c1-7-8-9-14-30-49-34-37-20-22-39(33-45(37)50)52-31-15-12-10-11-13-19-46(51)53-40-26-28-47(5)38(32-40)21-23-41-43-25-24-42(36(4)18-16-17-35(2)3)48(43,6)29-27-44(41)47/h20-22,33-36,40-44,50H,7-19,23-32H2,1-6H3/t36-,40+,41+,42-,43+,44+,47+,48-/m1/s1. The van der Waals surface area contributed by atoms with E-state index in [1.807, 2.05) is 12.1 Å². The second-order valence-corrected chi connectivity index (χ2v) is 18.8. The van der Waals surface area contributed by atoms with E-state index in [0.717, 1.165) is 99.0 Å². The summed E-state index contributed by atoms with van der Waals surface area (Å²) in [7, 11) is 0. The number of unbranched alkanes of at least 4 members (excludes halogenated alkanes) is 7. The molecule has 0 bridgehead atoms. The highest BCUT2D eigenvalue weighted by Crippen LogP contribution is 2.67. The lowest BCUT2D eigenvalue weighted by molar-refractivity contribution is -0.151. The number of hydrogen-bond donors (Lipinski definition) is 1. The number of phenols is 1. The molecule has 0 saturated heterocycles. The zero-order valence-electron chi connectivity index (χ0n) is 34.8. The molecule has 53 heavy (non-hydrogen) atoms. The normalized spacial score (nSPS) is 30.1. The Morgan fingerprint density at radius 2 is 1.72 bits per heavy atom. The lowest BCUT2D eigenvalue weighted by atomic mass is 9.47. The number of phenolic OH excluding ortho intramolecular Hbond substituents is 1. The SMILES string of the molecule is CCCCCCN=Cc1ccc(OCCCCCCCC(=O)O[C@H]2CC[C@@]3(C)C(=CC[C@H]4[C@@H]5CC[C@H]([C@H](C)CCCC(C)C)[C@@]5(C)CC[C@@H]43)C2)cc1O. The number of aromatic hydroxyl groups is 1. The van der Waals surface area contributed by atoms with Crippen LogP contribution in [0.4, 0.5) is 0 Å². The van der Waals surface area contributed by atoms with Crippen molar-refractivity contribution in [2.75, 3.05) is 13.2 Å². The first-order valence-corrected chi connectivity index (χ1v) is 22.4. The molecule has 4 aliphatic rings. The number of esters is 1. The lowest BCUT2D eigenvalue weighted by Crippen LogP contribution is -2.51. The average Bonchev–Trinajstić information content (AvgIpc) is 3.49. The third-order valence-electron chi connectivity index (χ3n) is 14.7. The lowest BCUT2D eigenvalue weighted by Gasteiger charge is -2.58. The molecule has 4 aliphatic carbocycles. The summed E-state index contributed by atoms with van der Waals surface area (Å²) in [5.74, 6) is 6.02. The highest BCUT2D eigenvalue weighted by atomic mass is 16.5. The number of carbonyl (C=O) groups excluding carboxylic acids is 1. The van der Waals surface area contributed by atoms with Crippen molar-refractivity contribution in [2.24, 2.45) is 51.3 Å². The molecule has 0 heterocycles. The third-order valence-corrected chi connectivity index (χ3v) is 14.7. The van der Waals surface area contributed by atoms with E-state index in [2.05, 4.69) is 52.6 Å². The number of allylic oxidation sites excluding steroid dienone is 1. The average molecular weight is 732 g/mol. The number of aliphatic imine (C=N–C) groups is 1. The molecule has 0 spiro atoms. The summed E-state index contributed by atoms with van der Waals surface area (Å²) in [4.78, 5) is 17.3. The van der Waals surface area contributed by atoms with E-state index in [9.17, 15) is 9.90 Å². The van der Waals surface area contributed by atoms with Crippen molar-refractivity contribution in [1.82, 2.24) is 0 Å². The number of nitrogens with zero attached hydrogens (tertiary/aromatic N) is 1. The minimum absolute atomic E-state index is 0.00559. The molecular formula is C48H77NO4. The summed E-state index contributed by atoms with van der Waals surface area (Å²) in [6, 6.07) is 5.47. The van der Waals surface area contributed by atoms with Crippen molar-refractivity contribution >= 4 is 12.2 Å². The molecule has 0 aromatic heterocycles. The molecule has 1 N–H and O–H groups in total. The van der Waals surface area contributed by atoms with Gasteiger partial charge in [0.1, 0.15) is 17.6 Å². The fourth-order valence-corrected chi connectivity index (χ4v) is 11.6. The van der Waals surface area contributed by atoms with Crippen LogP contribution in [0.5, 0.6) is 11.5 Å². The monoisotopic (exact) mass is 732 g/mol. The van der Waals surface area contributed by atoms with Crippen LogP contribution < -0.4 is 4.74 Å². The van der Waals surface area contributed by atoms with Crippen LogP contribution in [0.15, 0.2) is 34.8 Å². The van der Waals surface area contributed by atoms with Crippen LogP contribution in [-0.4, -0.2) is 36.5 Å². The van der Waals surface area contributed by atoms with E-state index in [-0.39, 0.29) is 17.8 Å². The molecule has 8 atom stereocenters. The molecule has 3 fully saturated rings. The molecule has 0 aliphatic heterocycles. The molecule has 0 unspecified atom stereocenters. The van der Waals surface area contributed by atoms with Crippen LogP contribution >= 0.6 is 0 Å². The summed E-state index contributed by atoms with van der Waals surface area (Å²) in [5.41, 5.74) is 3.17. The Morgan fingerprint density at radius 3 is 2.51 bits per heavy atom. The molecule has 5 rings (SSSR count). The second-order valence-electron chi connectivity index (χ2n) is 18.8. The highest BCUT2D eigenvalue weighted by molar-refractivity contribution is 5.83. The first kappa shape index (κ1) is 41.9. The summed E-state index contributed by atoms with van der Waals surface area (Å²) >= 11 is 0. The van der Waals surface area contributed by atoms with E-state index in [1.165, 1.54) is 77.0 Å². The fourth-order valence-electron chi connectivity index (χ4n) is 11.6. The van der Waals surface area contributed by atoms with Gasteiger partial charge in [-0.15, -0.1) is 0 Å². The Balaban J connectivity index is 0.963. The van der Waals surface area contributed by atoms with Crippen LogP contribution in [0.1, 0.15) is 182 Å². The third kappa shape index (κ3) is 10.9. The number of fused-ring (bicyclic) bond motifs is 5. The number of ether oxygens (including phenoxy) is 2. The van der Waals surface area contributed by atoms with Gasteiger partial charge in [-0.3, -0.25) is 9.79 Å². The highest BCUT2D eigenvalue weighted by Gasteiger charge is 2.59. The van der Waals surface area contributed by atoms with E-state index in [1.54, 1.807) is 17.9 Å². The number of rotatable bonds is 21. The molecule has 1 aromatic carbocycles. The van der Waals surface area contributed by atoms with Crippen molar-refractivity contribution in [3.05, 3.63) is 35.4 Å². The minimum Gasteiger partial charge on any atom is -0.507 e. The first-order chi connectivity index (χ1) is 25.5. The molecule has 0 radical (unpaired) electrons. The van der Waals surface area contributed by atoms with Gasteiger partial charge in [-0.2, -0.15) is 0 Å². The Morgan fingerprint density at radius 1 is 0.925 bits per heavy atom. The minimum atomic E-state index is -0.00559. The van der Waals surface area contributed by atoms with Crippen molar-refractivity contribution in [3.63, 3.8) is 0 Å². The van der Waals surface area contributed by atoms with Crippen molar-refractivity contribution in [3.8, 4) is 11.5 Å². The van der Waals surface area contributed by atoms with Gasteiger partial charge in [0.15, 0.2) is 0 Å². The van der Waals surface area contributed by atoms with Crippen molar-refractivity contribution in [1.29, 1.82) is 0 Å². The van der Waals surface area contributed by atoms with Gasteiger partial charge in [0.25, 0.3) is 0 Å². The van der Waals surface area contributed by atoms with Crippen LogP contribution in [0.25, 0.3) is 0 Å². The summed E-state index contributed by atoms with van der Waals surface area (Å²) in [6.07, 6.45) is 29.1. The maximum Gasteiger partial charge on any atom is 0.306 e. The Hall–Kier alpha value is -2.30. The fraction of sp³-hybridized carbons (Fsp3) is 0.792. The zero-order chi connectivity index (χ0) is 37.8. The maximum atomic E-state index is 12.9. The smallest absolute Gasteiger partial charge is 0.306 e. The summed E-state index contributed by atoms with van der Waals surface area (Å²) in [5, 5.41) is 10.4. The number of hydrogen-bond acceptors (Lipinski definition) is 5. The van der Waals surface area contributed by atoms with Crippen LogP contribution in [-0.2, 0) is 9.53 Å². The zero-order valence-corrected chi connectivity index (χ0v) is 34.8. The molecular weight excluding hydrogens is 655 g/mol. The maximum absolute atomic E-state index is 12.9. The van der Waals surface area contributed by atoms with Crippen LogP contribution in [0, 0.1) is 46.3 Å². The predicted octanol–water partition coefficient (Wildman–Crippen LogP) is 13.1. The Kier molecular flexibility index (Phi) is 15.8. The van der Waals surface area contributed by atoms with Gasteiger partial charge in [-0.05, 0) is 123 Å². The van der Waals surface area contributed by atoms with Gasteiger partial charge >= 0.3 is 5.97 Å². The van der Waals surface area contributed by atoms with E-state index in [4.69, 9.17) is 9.47 Å². The Bertz CT molecular complexity index is 1350. The van der Waals surface area contributed by atoms with Gasteiger partial charge in [-0.1, -0.05) is 111 Å². The Labute approximate surface area is 324 Å². The van der Waals surface area contributed by atoms with Gasteiger partial charge in [0, 0.05) is 37.2 Å². The van der Waals surface area contributed by atoms with E-state index >= 15 is 0 Å². The summed E-state index contributed by atoms with van der Waals surface area (Å²) < 4.78 is 12.0. The van der Waals surface area contributed by atoms with Crippen molar-refractivity contribution in [2.45, 2.75) is 182 Å². The predicted molar refractivity (Wildman–Crippen MR) is 221 cm³/mol. The van der Waals surface area contributed by atoms with Gasteiger partial charge in [-0.25, -0.2) is 0 Å². The molecule has 1 aromatic rings. The van der Waals surface area contributed by atoms with E-state index in [0.29, 0.717) is 29.6 Å². The molecule has 298 valence electrons. The molecule has 0 amide bonds. The number of carbonyl (C=O) groups is 1.